The van der Waals surface area contributed by atoms with Gasteiger partial charge in [0, 0.05) is 6.61 Å². The van der Waals surface area contributed by atoms with Gasteiger partial charge in [-0.15, -0.1) is 5.10 Å². The molecule has 0 amide bonds. The van der Waals surface area contributed by atoms with Crippen molar-refractivity contribution in [1.82, 2.24) is 14.8 Å². The minimum Gasteiger partial charge on any atom is -0.460 e. The molecule has 0 saturated carbocycles. The largest absolute Gasteiger partial charge is 0.460 e. The Bertz CT molecular complexity index is 581. The number of benzene rings is 1. The standard InChI is InChI=1S/C15H19N3O3/c1-3-10-20-11-13-16-14(15(19)21-4-2)17-18(13)12-8-6-5-7-9-12/h5-9H,3-4,10-11H2,1-2H3. The molecule has 0 N–H and O–H groups in total. The van der Waals surface area contributed by atoms with Crippen LogP contribution in [-0.4, -0.2) is 33.9 Å². The van der Waals surface area contributed by atoms with E-state index in [1.165, 1.54) is 0 Å². The van der Waals surface area contributed by atoms with Crippen molar-refractivity contribution in [3.05, 3.63) is 42.0 Å². The van der Waals surface area contributed by atoms with Gasteiger partial charge in [-0.2, -0.15) is 0 Å². The predicted octanol–water partition coefficient (Wildman–Crippen LogP) is 2.37. The maximum atomic E-state index is 11.8. The molecular weight excluding hydrogens is 270 g/mol. The van der Waals surface area contributed by atoms with Crippen molar-refractivity contribution in [2.45, 2.75) is 26.9 Å². The van der Waals surface area contributed by atoms with Crippen molar-refractivity contribution in [3.8, 4) is 5.69 Å². The first-order chi connectivity index (χ1) is 10.3. The molecule has 6 heteroatoms. The second-order valence-corrected chi connectivity index (χ2v) is 4.37. The Kier molecular flexibility index (Phi) is 5.45. The molecule has 1 aromatic heterocycles. The fourth-order valence-corrected chi connectivity index (χ4v) is 1.80. The molecule has 0 saturated heterocycles. The fraction of sp³-hybridized carbons (Fsp3) is 0.400. The summed E-state index contributed by atoms with van der Waals surface area (Å²) in [5.41, 5.74) is 0.829. The molecule has 2 rings (SSSR count). The van der Waals surface area contributed by atoms with Crippen LogP contribution in [0.25, 0.3) is 5.69 Å². The lowest BCUT2D eigenvalue weighted by molar-refractivity contribution is 0.0512. The molecule has 0 atom stereocenters. The van der Waals surface area contributed by atoms with E-state index in [0.717, 1.165) is 12.1 Å². The highest BCUT2D eigenvalue weighted by molar-refractivity contribution is 5.85. The summed E-state index contributed by atoms with van der Waals surface area (Å²) < 4.78 is 12.1. The van der Waals surface area contributed by atoms with Crippen molar-refractivity contribution in [2.75, 3.05) is 13.2 Å². The number of esters is 1. The van der Waals surface area contributed by atoms with Crippen LogP contribution >= 0.6 is 0 Å². The number of para-hydroxylation sites is 1. The minimum absolute atomic E-state index is 0.0517. The van der Waals surface area contributed by atoms with Gasteiger partial charge in [0.05, 0.1) is 12.3 Å². The summed E-state index contributed by atoms with van der Waals surface area (Å²) >= 11 is 0. The second-order valence-electron chi connectivity index (χ2n) is 4.37. The summed E-state index contributed by atoms with van der Waals surface area (Å²) in [4.78, 5) is 16.0. The van der Waals surface area contributed by atoms with E-state index in [1.807, 2.05) is 37.3 Å². The molecule has 0 aliphatic rings. The number of aromatic nitrogens is 3. The molecule has 0 unspecified atom stereocenters. The third-order valence-corrected chi connectivity index (χ3v) is 2.71. The van der Waals surface area contributed by atoms with Gasteiger partial charge in [0.25, 0.3) is 5.82 Å². The monoisotopic (exact) mass is 289 g/mol. The van der Waals surface area contributed by atoms with Crippen LogP contribution in [0.15, 0.2) is 30.3 Å². The average molecular weight is 289 g/mol. The molecule has 0 fully saturated rings. The zero-order valence-corrected chi connectivity index (χ0v) is 12.3. The van der Waals surface area contributed by atoms with Crippen LogP contribution in [0, 0.1) is 0 Å². The molecule has 1 heterocycles. The van der Waals surface area contributed by atoms with Crippen LogP contribution < -0.4 is 0 Å². The molecule has 0 aliphatic heterocycles. The maximum Gasteiger partial charge on any atom is 0.378 e. The zero-order valence-electron chi connectivity index (χ0n) is 12.3. The van der Waals surface area contributed by atoms with Crippen molar-refractivity contribution in [3.63, 3.8) is 0 Å². The van der Waals surface area contributed by atoms with E-state index in [0.29, 0.717) is 25.6 Å². The molecule has 0 radical (unpaired) electrons. The molecule has 6 nitrogen and oxygen atoms in total. The Morgan fingerprint density at radius 3 is 2.67 bits per heavy atom. The molecule has 0 spiro atoms. The number of hydrogen-bond acceptors (Lipinski definition) is 5. The Morgan fingerprint density at radius 2 is 2.00 bits per heavy atom. The maximum absolute atomic E-state index is 11.8. The van der Waals surface area contributed by atoms with Gasteiger partial charge in [-0.25, -0.2) is 14.5 Å². The van der Waals surface area contributed by atoms with Gasteiger partial charge in [0.2, 0.25) is 0 Å². The summed E-state index contributed by atoms with van der Waals surface area (Å²) in [5.74, 6) is 0.109. The van der Waals surface area contributed by atoms with Crippen LogP contribution in [0.5, 0.6) is 0 Å². The van der Waals surface area contributed by atoms with Gasteiger partial charge in [-0.1, -0.05) is 25.1 Å². The molecule has 112 valence electrons. The van der Waals surface area contributed by atoms with Crippen LogP contribution in [0.2, 0.25) is 0 Å². The first-order valence-corrected chi connectivity index (χ1v) is 7.02. The average Bonchev–Trinajstić information content (AvgIpc) is 2.93. The molecular formula is C15H19N3O3. The highest BCUT2D eigenvalue weighted by atomic mass is 16.5. The van der Waals surface area contributed by atoms with E-state index < -0.39 is 5.97 Å². The molecule has 1 aromatic carbocycles. The highest BCUT2D eigenvalue weighted by Gasteiger charge is 2.18. The lowest BCUT2D eigenvalue weighted by Gasteiger charge is -2.05. The number of carbonyl (C=O) groups excluding carboxylic acids is 1. The van der Waals surface area contributed by atoms with Gasteiger partial charge in [-0.05, 0) is 25.5 Å². The lowest BCUT2D eigenvalue weighted by Crippen LogP contribution is -2.07. The quantitative estimate of drug-likeness (QED) is 0.578. The van der Waals surface area contributed by atoms with E-state index in [2.05, 4.69) is 10.1 Å². The minimum atomic E-state index is -0.524. The third-order valence-electron chi connectivity index (χ3n) is 2.71. The van der Waals surface area contributed by atoms with E-state index >= 15 is 0 Å². The van der Waals surface area contributed by atoms with Crippen molar-refractivity contribution in [1.29, 1.82) is 0 Å². The lowest BCUT2D eigenvalue weighted by atomic mass is 10.3. The fourth-order valence-electron chi connectivity index (χ4n) is 1.80. The summed E-state index contributed by atoms with van der Waals surface area (Å²) in [6, 6.07) is 9.51. The Balaban J connectivity index is 2.29. The number of hydrogen-bond donors (Lipinski definition) is 0. The van der Waals surface area contributed by atoms with Crippen LogP contribution in [-0.2, 0) is 16.1 Å². The zero-order chi connectivity index (χ0) is 15.1. The Hall–Kier alpha value is -2.21. The van der Waals surface area contributed by atoms with Crippen LogP contribution in [0.3, 0.4) is 0 Å². The highest BCUT2D eigenvalue weighted by Crippen LogP contribution is 2.11. The molecule has 0 aliphatic carbocycles. The summed E-state index contributed by atoms with van der Waals surface area (Å²) in [5, 5.41) is 4.23. The van der Waals surface area contributed by atoms with Gasteiger partial charge >= 0.3 is 5.97 Å². The van der Waals surface area contributed by atoms with Crippen molar-refractivity contribution in [2.24, 2.45) is 0 Å². The summed E-state index contributed by atoms with van der Waals surface area (Å²) in [7, 11) is 0. The van der Waals surface area contributed by atoms with E-state index in [9.17, 15) is 4.79 Å². The van der Waals surface area contributed by atoms with E-state index in [4.69, 9.17) is 9.47 Å². The number of nitrogens with zero attached hydrogens (tertiary/aromatic N) is 3. The van der Waals surface area contributed by atoms with Crippen molar-refractivity contribution >= 4 is 5.97 Å². The van der Waals surface area contributed by atoms with E-state index in [1.54, 1.807) is 11.6 Å². The Labute approximate surface area is 123 Å². The van der Waals surface area contributed by atoms with Gasteiger partial charge < -0.3 is 9.47 Å². The smallest absolute Gasteiger partial charge is 0.378 e. The molecule has 0 bridgehead atoms. The molecule has 21 heavy (non-hydrogen) atoms. The SMILES string of the molecule is CCCOCc1nc(C(=O)OCC)nn1-c1ccccc1. The second kappa shape index (κ2) is 7.54. The Morgan fingerprint density at radius 1 is 1.24 bits per heavy atom. The number of carbonyl (C=O) groups is 1. The summed E-state index contributed by atoms with van der Waals surface area (Å²) in [6.07, 6.45) is 0.921. The van der Waals surface area contributed by atoms with Gasteiger partial charge in [-0.3, -0.25) is 0 Å². The third kappa shape index (κ3) is 3.88. The summed E-state index contributed by atoms with van der Waals surface area (Å²) in [6.45, 7) is 5.01. The molecule has 2 aromatic rings. The van der Waals surface area contributed by atoms with Crippen LogP contribution in [0.4, 0.5) is 0 Å². The first kappa shape index (κ1) is 15.2. The predicted molar refractivity (Wildman–Crippen MR) is 77.3 cm³/mol. The van der Waals surface area contributed by atoms with E-state index in [-0.39, 0.29) is 5.82 Å². The van der Waals surface area contributed by atoms with Crippen LogP contribution in [0.1, 0.15) is 36.7 Å². The van der Waals surface area contributed by atoms with Crippen molar-refractivity contribution < 1.29 is 14.3 Å². The number of ether oxygens (including phenoxy) is 2. The van der Waals surface area contributed by atoms with Gasteiger partial charge in [0.1, 0.15) is 6.61 Å². The topological polar surface area (TPSA) is 66.2 Å². The number of rotatable bonds is 7. The van der Waals surface area contributed by atoms with Gasteiger partial charge in [0.15, 0.2) is 5.82 Å². The first-order valence-electron chi connectivity index (χ1n) is 7.02. The normalized spacial score (nSPS) is 10.6.